The van der Waals surface area contributed by atoms with E-state index in [0.29, 0.717) is 22.4 Å². The number of methoxy groups -OCH3 is 1. The molecule has 1 aromatic rings. The predicted octanol–water partition coefficient (Wildman–Crippen LogP) is 3.37. The molecule has 1 aliphatic carbocycles. The molecule has 0 aromatic heterocycles. The van der Waals surface area contributed by atoms with E-state index in [0.717, 1.165) is 18.0 Å². The Morgan fingerprint density at radius 1 is 1.22 bits per heavy atom. The van der Waals surface area contributed by atoms with Crippen molar-refractivity contribution in [2.24, 2.45) is 16.7 Å². The fourth-order valence-electron chi connectivity index (χ4n) is 2.88. The summed E-state index contributed by atoms with van der Waals surface area (Å²) in [6.45, 7) is 10.3. The Bertz CT molecular complexity index is 438. The van der Waals surface area contributed by atoms with E-state index in [-0.39, 0.29) is 0 Å². The van der Waals surface area contributed by atoms with Gasteiger partial charge in [0.25, 0.3) is 0 Å². The summed E-state index contributed by atoms with van der Waals surface area (Å²) >= 11 is 0. The summed E-state index contributed by atoms with van der Waals surface area (Å²) in [7, 11) is 1.64. The lowest BCUT2D eigenvalue weighted by atomic mass is 10.0. The van der Waals surface area contributed by atoms with Gasteiger partial charge in [0.15, 0.2) is 0 Å². The molecular formula is C15H24N2O. The van der Waals surface area contributed by atoms with Crippen LogP contribution in [-0.4, -0.2) is 13.7 Å². The van der Waals surface area contributed by atoms with Gasteiger partial charge in [-0.3, -0.25) is 0 Å². The van der Waals surface area contributed by atoms with Crippen molar-refractivity contribution in [2.45, 2.75) is 27.7 Å². The van der Waals surface area contributed by atoms with Crippen molar-refractivity contribution in [3.05, 3.63) is 18.2 Å². The molecule has 100 valence electrons. The van der Waals surface area contributed by atoms with Crippen molar-refractivity contribution >= 4 is 11.4 Å². The summed E-state index contributed by atoms with van der Waals surface area (Å²) in [4.78, 5) is 0. The molecule has 0 spiro atoms. The number of nitrogens with two attached hydrogens (primary N) is 1. The molecule has 1 aromatic carbocycles. The van der Waals surface area contributed by atoms with E-state index >= 15 is 0 Å². The van der Waals surface area contributed by atoms with Gasteiger partial charge in [-0.25, -0.2) is 0 Å². The van der Waals surface area contributed by atoms with Crippen LogP contribution in [0.3, 0.4) is 0 Å². The Hall–Kier alpha value is -1.38. The molecule has 0 unspecified atom stereocenters. The van der Waals surface area contributed by atoms with Gasteiger partial charge in [-0.2, -0.15) is 0 Å². The summed E-state index contributed by atoms with van der Waals surface area (Å²) in [5, 5.41) is 3.48. The first-order valence-electron chi connectivity index (χ1n) is 6.48. The van der Waals surface area contributed by atoms with E-state index in [4.69, 9.17) is 10.5 Å². The van der Waals surface area contributed by atoms with Crippen molar-refractivity contribution in [3.63, 3.8) is 0 Å². The third-order valence-corrected chi connectivity index (χ3v) is 5.06. The van der Waals surface area contributed by atoms with E-state index in [9.17, 15) is 0 Å². The highest BCUT2D eigenvalue weighted by Gasteiger charge is 2.63. The zero-order valence-electron chi connectivity index (χ0n) is 12.0. The van der Waals surface area contributed by atoms with Crippen molar-refractivity contribution in [1.82, 2.24) is 0 Å². The van der Waals surface area contributed by atoms with Crippen LogP contribution in [0.25, 0.3) is 0 Å². The van der Waals surface area contributed by atoms with Crippen molar-refractivity contribution in [2.75, 3.05) is 24.7 Å². The second kappa shape index (κ2) is 4.08. The Morgan fingerprint density at radius 3 is 2.33 bits per heavy atom. The molecule has 3 nitrogen and oxygen atoms in total. The number of benzene rings is 1. The van der Waals surface area contributed by atoms with Gasteiger partial charge < -0.3 is 15.8 Å². The highest BCUT2D eigenvalue weighted by molar-refractivity contribution is 5.61. The molecule has 3 N–H and O–H groups in total. The van der Waals surface area contributed by atoms with Crippen LogP contribution in [0.4, 0.5) is 11.4 Å². The summed E-state index contributed by atoms with van der Waals surface area (Å²) < 4.78 is 5.22. The van der Waals surface area contributed by atoms with Gasteiger partial charge in [0, 0.05) is 18.3 Å². The Labute approximate surface area is 110 Å². The van der Waals surface area contributed by atoms with Crippen LogP contribution in [0.5, 0.6) is 5.75 Å². The molecule has 0 atom stereocenters. The standard InChI is InChI=1S/C15H24N2O/c1-14(2)13(15(14,3)4)9-17-10-6-7-11(16)12(8-10)18-5/h6-8,13,17H,9,16H2,1-5H3. The largest absolute Gasteiger partial charge is 0.495 e. The Kier molecular flexibility index (Phi) is 2.96. The lowest BCUT2D eigenvalue weighted by Crippen LogP contribution is -2.08. The number of hydrogen-bond donors (Lipinski definition) is 2. The number of ether oxygens (including phenoxy) is 1. The quantitative estimate of drug-likeness (QED) is 0.803. The van der Waals surface area contributed by atoms with Crippen molar-refractivity contribution in [3.8, 4) is 5.75 Å². The molecule has 1 aliphatic rings. The minimum atomic E-state index is 0.415. The minimum absolute atomic E-state index is 0.415. The predicted molar refractivity (Wildman–Crippen MR) is 76.9 cm³/mol. The van der Waals surface area contributed by atoms with Crippen LogP contribution >= 0.6 is 0 Å². The number of hydrogen-bond acceptors (Lipinski definition) is 3. The average molecular weight is 248 g/mol. The van der Waals surface area contributed by atoms with Gasteiger partial charge in [-0.1, -0.05) is 27.7 Å². The molecule has 0 radical (unpaired) electrons. The monoisotopic (exact) mass is 248 g/mol. The lowest BCUT2D eigenvalue weighted by Gasteiger charge is -2.10. The fourth-order valence-corrected chi connectivity index (χ4v) is 2.88. The zero-order chi connectivity index (χ0) is 13.6. The first kappa shape index (κ1) is 13.1. The van der Waals surface area contributed by atoms with Gasteiger partial charge in [-0.05, 0) is 28.9 Å². The fraction of sp³-hybridized carbons (Fsp3) is 0.600. The van der Waals surface area contributed by atoms with Crippen LogP contribution in [0.1, 0.15) is 27.7 Å². The highest BCUT2D eigenvalue weighted by Crippen LogP contribution is 2.68. The van der Waals surface area contributed by atoms with Crippen LogP contribution in [-0.2, 0) is 0 Å². The maximum absolute atomic E-state index is 5.80. The SMILES string of the molecule is COc1cc(NCC2C(C)(C)C2(C)C)ccc1N. The number of nitrogens with one attached hydrogen (secondary N) is 1. The lowest BCUT2D eigenvalue weighted by molar-refractivity contribution is 0.417. The molecular weight excluding hydrogens is 224 g/mol. The number of rotatable bonds is 4. The second-order valence-electron chi connectivity index (χ2n) is 6.33. The molecule has 18 heavy (non-hydrogen) atoms. The zero-order valence-corrected chi connectivity index (χ0v) is 12.0. The van der Waals surface area contributed by atoms with Gasteiger partial charge in [0.05, 0.1) is 12.8 Å². The van der Waals surface area contributed by atoms with Gasteiger partial charge >= 0.3 is 0 Å². The van der Waals surface area contributed by atoms with Crippen molar-refractivity contribution < 1.29 is 4.74 Å². The molecule has 3 heteroatoms. The van der Waals surface area contributed by atoms with E-state index < -0.39 is 0 Å². The first-order valence-corrected chi connectivity index (χ1v) is 6.48. The molecule has 0 amide bonds. The van der Waals surface area contributed by atoms with E-state index in [1.165, 1.54) is 0 Å². The normalized spacial score (nSPS) is 20.5. The van der Waals surface area contributed by atoms with Gasteiger partial charge in [0.2, 0.25) is 0 Å². The highest BCUT2D eigenvalue weighted by atomic mass is 16.5. The Balaban J connectivity index is 2.00. The third-order valence-electron chi connectivity index (χ3n) is 5.06. The van der Waals surface area contributed by atoms with E-state index in [1.807, 2.05) is 18.2 Å². The molecule has 0 heterocycles. The minimum Gasteiger partial charge on any atom is -0.495 e. The second-order valence-corrected chi connectivity index (χ2v) is 6.33. The molecule has 2 rings (SSSR count). The smallest absolute Gasteiger partial charge is 0.143 e. The molecule has 0 aliphatic heterocycles. The molecule has 1 fully saturated rings. The topological polar surface area (TPSA) is 47.3 Å². The van der Waals surface area contributed by atoms with E-state index in [2.05, 4.69) is 33.0 Å². The van der Waals surface area contributed by atoms with Crippen molar-refractivity contribution in [1.29, 1.82) is 0 Å². The summed E-state index contributed by atoms with van der Waals surface area (Å²) in [6, 6.07) is 5.84. The van der Waals surface area contributed by atoms with Crippen LogP contribution < -0.4 is 15.8 Å². The van der Waals surface area contributed by atoms with Crippen LogP contribution in [0.2, 0.25) is 0 Å². The molecule has 1 saturated carbocycles. The molecule has 0 saturated heterocycles. The average Bonchev–Trinajstić information content (AvgIpc) is 2.69. The summed E-state index contributed by atoms with van der Waals surface area (Å²) in [5.74, 6) is 1.43. The number of anilines is 2. The van der Waals surface area contributed by atoms with Crippen LogP contribution in [0, 0.1) is 16.7 Å². The van der Waals surface area contributed by atoms with Gasteiger partial charge in [0.1, 0.15) is 5.75 Å². The van der Waals surface area contributed by atoms with Crippen LogP contribution in [0.15, 0.2) is 18.2 Å². The number of nitrogen functional groups attached to an aromatic ring is 1. The summed E-state index contributed by atoms with van der Waals surface area (Å²) in [6.07, 6.45) is 0. The van der Waals surface area contributed by atoms with E-state index in [1.54, 1.807) is 7.11 Å². The maximum atomic E-state index is 5.80. The maximum Gasteiger partial charge on any atom is 0.143 e. The van der Waals surface area contributed by atoms with Gasteiger partial charge in [-0.15, -0.1) is 0 Å². The summed E-state index contributed by atoms with van der Waals surface area (Å²) in [5.41, 5.74) is 8.38. The molecule has 0 bridgehead atoms. The third kappa shape index (κ3) is 1.92. The Morgan fingerprint density at radius 2 is 1.83 bits per heavy atom. The first-order chi connectivity index (χ1) is 8.30.